The molecule has 4 heterocycles. The van der Waals surface area contributed by atoms with E-state index in [4.69, 9.17) is 4.42 Å². The Kier molecular flexibility index (Phi) is 3.84. The number of hydrogen-bond donors (Lipinski definition) is 2. The molecule has 0 saturated carbocycles. The third-order valence-corrected chi connectivity index (χ3v) is 3.78. The van der Waals surface area contributed by atoms with Crippen molar-refractivity contribution in [2.45, 2.75) is 0 Å². The molecule has 0 bridgehead atoms. The highest BCUT2D eigenvalue weighted by Crippen LogP contribution is 2.26. The molecule has 4 rings (SSSR count). The Morgan fingerprint density at radius 3 is 3.08 bits per heavy atom. The lowest BCUT2D eigenvalue weighted by molar-refractivity contribution is 0.102. The lowest BCUT2D eigenvalue weighted by Gasteiger charge is -2.12. The molecule has 1 radical (unpaired) electrons. The van der Waals surface area contributed by atoms with Gasteiger partial charge in [-0.25, -0.2) is 9.78 Å². The second-order valence-electron chi connectivity index (χ2n) is 5.59. The fourth-order valence-electron chi connectivity index (χ4n) is 2.58. The zero-order chi connectivity index (χ0) is 18.1. The van der Waals surface area contributed by atoms with E-state index < -0.39 is 5.91 Å². The number of oxazole rings is 1. The highest BCUT2D eigenvalue weighted by Gasteiger charge is 2.27. The topological polar surface area (TPSA) is 118 Å². The number of nitrogens with one attached hydrogen (secondary N) is 2. The van der Waals surface area contributed by atoms with Crippen LogP contribution in [-0.4, -0.2) is 44.8 Å². The van der Waals surface area contributed by atoms with E-state index in [2.05, 4.69) is 31.9 Å². The largest absolute Gasteiger partial charge is 0.444 e. The van der Waals surface area contributed by atoms with Crippen molar-refractivity contribution in [3.8, 4) is 11.5 Å². The van der Waals surface area contributed by atoms with Crippen LogP contribution in [0.4, 0.5) is 16.3 Å². The maximum Gasteiger partial charge on any atom is 0.323 e. The van der Waals surface area contributed by atoms with Crippen molar-refractivity contribution in [3.05, 3.63) is 42.7 Å². The van der Waals surface area contributed by atoms with Gasteiger partial charge in [-0.1, -0.05) is 0 Å². The highest BCUT2D eigenvalue weighted by atomic mass is 16.3. The summed E-state index contributed by atoms with van der Waals surface area (Å²) in [6.07, 6.45) is 7.13. The zero-order valence-corrected chi connectivity index (χ0v) is 13.8. The Balaban J connectivity index is 1.56. The van der Waals surface area contributed by atoms with E-state index in [0.29, 0.717) is 36.0 Å². The standard InChI is InChI=1S/C16H14N7O3/c1-22-8-11(13(21-22)23-7-6-18-16(23)25)19-14(24)12-9-26-15(20-12)10-2-4-17-5-3-10/h2-4,8-9H,6-7H2,1H3,(H,18,25)(H,19,24). The molecular formula is C16H14N7O3. The van der Waals surface area contributed by atoms with Gasteiger partial charge in [0.25, 0.3) is 5.91 Å². The number of pyridine rings is 1. The Hall–Kier alpha value is -3.69. The molecule has 3 amide bonds. The first-order chi connectivity index (χ1) is 12.6. The molecule has 2 N–H and O–H groups in total. The Morgan fingerprint density at radius 1 is 1.46 bits per heavy atom. The monoisotopic (exact) mass is 352 g/mol. The van der Waals surface area contributed by atoms with E-state index in [0.717, 1.165) is 0 Å². The van der Waals surface area contributed by atoms with Crippen LogP contribution < -0.4 is 15.5 Å². The van der Waals surface area contributed by atoms with Gasteiger partial charge in [0.05, 0.1) is 12.4 Å². The van der Waals surface area contributed by atoms with Gasteiger partial charge in [0.2, 0.25) is 5.89 Å². The molecule has 1 saturated heterocycles. The predicted octanol–water partition coefficient (Wildman–Crippen LogP) is 1.05. The van der Waals surface area contributed by atoms with Gasteiger partial charge in [-0.3, -0.25) is 19.4 Å². The number of aryl methyl sites for hydroxylation is 1. The predicted molar refractivity (Wildman–Crippen MR) is 90.5 cm³/mol. The van der Waals surface area contributed by atoms with Crippen molar-refractivity contribution in [1.29, 1.82) is 0 Å². The van der Waals surface area contributed by atoms with Gasteiger partial charge < -0.3 is 15.1 Å². The maximum absolute atomic E-state index is 12.5. The summed E-state index contributed by atoms with van der Waals surface area (Å²) >= 11 is 0. The average molecular weight is 352 g/mol. The van der Waals surface area contributed by atoms with Crippen LogP contribution in [0.25, 0.3) is 11.5 Å². The Bertz CT molecular complexity index is 963. The number of nitrogens with zero attached hydrogens (tertiary/aromatic N) is 5. The zero-order valence-electron chi connectivity index (χ0n) is 13.8. The van der Waals surface area contributed by atoms with E-state index in [1.807, 2.05) is 0 Å². The third kappa shape index (κ3) is 2.88. The summed E-state index contributed by atoms with van der Waals surface area (Å²) in [5.41, 5.74) is 1.18. The summed E-state index contributed by atoms with van der Waals surface area (Å²) in [6, 6.07) is 3.06. The molecule has 3 aromatic heterocycles. The van der Waals surface area contributed by atoms with E-state index in [1.54, 1.807) is 31.6 Å². The molecular weight excluding hydrogens is 338 g/mol. The maximum atomic E-state index is 12.5. The first-order valence-corrected chi connectivity index (χ1v) is 7.80. The van der Waals surface area contributed by atoms with Crippen molar-refractivity contribution in [1.82, 2.24) is 25.1 Å². The normalized spacial score (nSPS) is 13.7. The SMILES string of the molecule is Cn1cc(NC(=O)c2coc(-c3c[c]ncc3)n2)c(N2CCNC2=O)n1. The smallest absolute Gasteiger partial charge is 0.323 e. The van der Waals surface area contributed by atoms with Crippen molar-refractivity contribution < 1.29 is 14.0 Å². The first-order valence-electron chi connectivity index (χ1n) is 7.80. The number of carbonyl (C=O) groups excluding carboxylic acids is 2. The molecule has 0 spiro atoms. The second-order valence-corrected chi connectivity index (χ2v) is 5.59. The average Bonchev–Trinajstić information content (AvgIpc) is 3.36. The van der Waals surface area contributed by atoms with E-state index in [-0.39, 0.29) is 11.7 Å². The summed E-state index contributed by atoms with van der Waals surface area (Å²) in [5.74, 6) is 0.203. The number of amides is 3. The van der Waals surface area contributed by atoms with Gasteiger partial charge in [-0.05, 0) is 12.1 Å². The molecule has 0 unspecified atom stereocenters. The lowest BCUT2D eigenvalue weighted by Crippen LogP contribution is -2.29. The first kappa shape index (κ1) is 15.8. The minimum Gasteiger partial charge on any atom is -0.444 e. The van der Waals surface area contributed by atoms with Crippen LogP contribution in [0.2, 0.25) is 0 Å². The summed E-state index contributed by atoms with van der Waals surface area (Å²) in [6.45, 7) is 1.00. The molecule has 131 valence electrons. The molecule has 0 atom stereocenters. The number of anilines is 2. The second kappa shape index (κ2) is 6.31. The fraction of sp³-hybridized carbons (Fsp3) is 0.188. The molecule has 0 aromatic carbocycles. The molecule has 1 aliphatic rings. The van der Waals surface area contributed by atoms with Gasteiger partial charge in [-0.2, -0.15) is 5.10 Å². The van der Waals surface area contributed by atoms with Crippen LogP contribution in [0.3, 0.4) is 0 Å². The minimum absolute atomic E-state index is 0.109. The Labute approximate surface area is 147 Å². The van der Waals surface area contributed by atoms with Gasteiger partial charge in [-0.15, -0.1) is 0 Å². The number of hydrogen-bond acceptors (Lipinski definition) is 6. The summed E-state index contributed by atoms with van der Waals surface area (Å²) in [7, 11) is 1.71. The van der Waals surface area contributed by atoms with Crippen LogP contribution in [0, 0.1) is 6.20 Å². The molecule has 10 heteroatoms. The number of aromatic nitrogens is 4. The fourth-order valence-corrected chi connectivity index (χ4v) is 2.58. The van der Waals surface area contributed by atoms with Crippen LogP contribution in [0.5, 0.6) is 0 Å². The summed E-state index contributed by atoms with van der Waals surface area (Å²) < 4.78 is 6.87. The van der Waals surface area contributed by atoms with Crippen molar-refractivity contribution in [2.75, 3.05) is 23.3 Å². The van der Waals surface area contributed by atoms with Gasteiger partial charge in [0.15, 0.2) is 11.5 Å². The molecule has 3 aromatic rings. The van der Waals surface area contributed by atoms with Crippen LogP contribution >= 0.6 is 0 Å². The highest BCUT2D eigenvalue weighted by molar-refractivity contribution is 6.06. The molecule has 26 heavy (non-hydrogen) atoms. The van der Waals surface area contributed by atoms with Gasteiger partial charge >= 0.3 is 6.03 Å². The van der Waals surface area contributed by atoms with Crippen LogP contribution in [0.15, 0.2) is 35.2 Å². The lowest BCUT2D eigenvalue weighted by atomic mass is 10.3. The van der Waals surface area contributed by atoms with Crippen LogP contribution in [-0.2, 0) is 7.05 Å². The Morgan fingerprint density at radius 2 is 2.35 bits per heavy atom. The number of carbonyl (C=O) groups is 2. The quantitative estimate of drug-likeness (QED) is 0.725. The molecule has 1 aliphatic heterocycles. The molecule has 1 fully saturated rings. The number of urea groups is 1. The van der Waals surface area contributed by atoms with Crippen LogP contribution in [0.1, 0.15) is 10.5 Å². The molecule has 10 nitrogen and oxygen atoms in total. The van der Waals surface area contributed by atoms with E-state index >= 15 is 0 Å². The number of rotatable bonds is 4. The van der Waals surface area contributed by atoms with Gasteiger partial charge in [0.1, 0.15) is 12.0 Å². The van der Waals surface area contributed by atoms with Crippen molar-refractivity contribution in [2.24, 2.45) is 7.05 Å². The summed E-state index contributed by atoms with van der Waals surface area (Å²) in [5, 5.41) is 9.68. The van der Waals surface area contributed by atoms with Crippen molar-refractivity contribution >= 4 is 23.4 Å². The molecule has 0 aliphatic carbocycles. The minimum atomic E-state index is -0.466. The van der Waals surface area contributed by atoms with E-state index in [9.17, 15) is 9.59 Å². The summed E-state index contributed by atoms with van der Waals surface area (Å²) in [4.78, 5) is 33.8. The van der Waals surface area contributed by atoms with Crippen molar-refractivity contribution in [3.63, 3.8) is 0 Å². The van der Waals surface area contributed by atoms with Gasteiger partial charge in [0, 0.05) is 31.9 Å². The van der Waals surface area contributed by atoms with E-state index in [1.165, 1.54) is 15.8 Å². The third-order valence-electron chi connectivity index (χ3n) is 3.78.